The average molecular weight is 1840 g/mol. The van der Waals surface area contributed by atoms with E-state index in [-0.39, 0.29) is 64.3 Å². The Kier molecular flexibility index (Phi) is 70.2. The molecule has 7 aromatic heterocycles. The van der Waals surface area contributed by atoms with Crippen molar-refractivity contribution in [3.63, 3.8) is 0 Å². The van der Waals surface area contributed by atoms with Crippen LogP contribution < -0.4 is 36.6 Å². The highest BCUT2D eigenvalue weighted by atomic mass is 32.1. The van der Waals surface area contributed by atoms with Crippen molar-refractivity contribution in [3.05, 3.63) is 204 Å². The number of ketones is 2. The molecule has 3 unspecified atom stereocenters. The van der Waals surface area contributed by atoms with Crippen molar-refractivity contribution in [2.45, 2.75) is 284 Å². The third kappa shape index (κ3) is 66.4. The highest BCUT2D eigenvalue weighted by Gasteiger charge is 2.17. The molecule has 726 valence electrons. The zero-order valence-electron chi connectivity index (χ0n) is 85.3. The largest absolute Gasteiger partial charge is 0.493 e. The van der Waals surface area contributed by atoms with Gasteiger partial charge in [-0.2, -0.15) is 4.98 Å². The van der Waals surface area contributed by atoms with Gasteiger partial charge in [0.05, 0.1) is 40.9 Å². The third-order valence-corrected chi connectivity index (χ3v) is 20.1. The molecule has 0 fully saturated rings. The van der Waals surface area contributed by atoms with Crippen LogP contribution in [0, 0.1) is 97.6 Å². The molecule has 0 aliphatic heterocycles. The molecule has 22 nitrogen and oxygen atoms in total. The molecule has 3 atom stereocenters. The molecule has 7 heterocycles. The zero-order chi connectivity index (χ0) is 99.9. The standard InChI is InChI=1S/C11H17NO2.C10H14FNO.C10H13F.C10H15NO.C10H15N.C9H12OS.C8H11NOS.C8H17NO.C8H15NO.C7H12N2O.2C6H13NO/c1-8(2)7-9-11(14-4)10(13-3)5-6-12-9;1-7(2)10-5-4-9(6-12-10)13-8(3)11;1-8(2)7-9-5-3-4-6-10(9)11;1-8(2)6-9-4-5-11(3)10(12)7-9;1-8(2)9(3)10-4-6-11-7-5-10;1-6(2)9(10)8-5-4-7(3)11-8;1-5(2)8(10)7-4-9-6(3)11-7;1-7(2)5-6-8(10)9(3)4;1-4-5-9-8(10)6-7(2)3;1-5(2)4-7-8-6(3)9-10-7;1-5(2)3-4-6(7)8;1-4(2)5(3)6(7)8/h5-6,8H,7H2,1-4H3;4-8H,1-3H3;3-6,8H,7H2,1-2H3;4-5,7-8H,6H2,1-3H3;4-9H,1-3H3;4-6H,1-3H3;4-5H,1-3H3;7H,5-6H2,1-4H3;4,7H,1,5-6H2,2-3H3,(H,9,10);5H,4H2,1-3H3;5H,3-4H2,1-2H3,(H2,7,8);4-5H,1-3H3,(H2,7,8). The van der Waals surface area contributed by atoms with Gasteiger partial charge in [-0.05, 0) is 183 Å². The van der Waals surface area contributed by atoms with E-state index >= 15 is 0 Å². The molecular formula is C103H167F2N11O11S2. The summed E-state index contributed by atoms with van der Waals surface area (Å²) in [6.45, 7) is 64.9. The van der Waals surface area contributed by atoms with Gasteiger partial charge in [0.2, 0.25) is 35.9 Å². The minimum Gasteiger partial charge on any atom is -0.493 e. The van der Waals surface area contributed by atoms with E-state index in [1.165, 1.54) is 34.8 Å². The molecule has 8 aromatic rings. The Balaban J connectivity index is -0.000000663. The molecule has 8 rings (SSSR count). The van der Waals surface area contributed by atoms with Gasteiger partial charge >= 0.3 is 0 Å². The van der Waals surface area contributed by atoms with E-state index in [0.29, 0.717) is 96.7 Å². The number of rotatable bonds is 31. The first kappa shape index (κ1) is 126. The number of amides is 4. The van der Waals surface area contributed by atoms with Crippen LogP contribution in [-0.2, 0) is 51.9 Å². The zero-order valence-corrected chi connectivity index (χ0v) is 86.9. The van der Waals surface area contributed by atoms with Crippen LogP contribution >= 0.6 is 22.7 Å². The van der Waals surface area contributed by atoms with Crippen molar-refractivity contribution in [2.24, 2.45) is 89.5 Å². The van der Waals surface area contributed by atoms with Crippen LogP contribution in [-0.4, -0.2) is 116 Å². The van der Waals surface area contributed by atoms with Crippen LogP contribution in [0.4, 0.5) is 8.78 Å². The molecule has 129 heavy (non-hydrogen) atoms. The lowest BCUT2D eigenvalue weighted by Gasteiger charge is -2.14. The number of carbonyl (C=O) groups is 6. The second-order valence-corrected chi connectivity index (χ2v) is 38.7. The van der Waals surface area contributed by atoms with E-state index in [0.717, 1.165) is 99.0 Å². The number of nitrogens with zero attached hydrogens (tertiary/aromatic N) is 8. The third-order valence-electron chi connectivity index (χ3n) is 18.2. The van der Waals surface area contributed by atoms with Crippen molar-refractivity contribution in [3.8, 4) is 17.2 Å². The quantitative estimate of drug-likeness (QED) is 0.0268. The van der Waals surface area contributed by atoms with Crippen molar-refractivity contribution < 1.29 is 56.3 Å². The van der Waals surface area contributed by atoms with Gasteiger partial charge in [-0.1, -0.05) is 209 Å². The summed E-state index contributed by atoms with van der Waals surface area (Å²) < 4.78 is 47.1. The van der Waals surface area contributed by atoms with Crippen molar-refractivity contribution in [1.29, 1.82) is 0 Å². The Labute approximate surface area is 784 Å². The summed E-state index contributed by atoms with van der Waals surface area (Å²) in [6.07, 6.45) is 18.2. The highest BCUT2D eigenvalue weighted by molar-refractivity contribution is 7.14. The fraction of sp³-hybridized carbons (Fsp3) is 0.583. The summed E-state index contributed by atoms with van der Waals surface area (Å²) in [5, 5.41) is 7.34. The van der Waals surface area contributed by atoms with Gasteiger partial charge in [0.1, 0.15) is 11.6 Å². The number of halogens is 2. The summed E-state index contributed by atoms with van der Waals surface area (Å²) in [4.78, 5) is 101. The number of thiazole rings is 1. The number of nitrogens with two attached hydrogens (primary N) is 2. The van der Waals surface area contributed by atoms with Gasteiger partial charge < -0.3 is 45.0 Å². The lowest BCUT2D eigenvalue weighted by Crippen LogP contribution is -2.24. The van der Waals surface area contributed by atoms with Crippen molar-refractivity contribution in [2.75, 3.05) is 34.9 Å². The first-order valence-corrected chi connectivity index (χ1v) is 46.8. The molecule has 0 saturated heterocycles. The molecular weight excluding hydrogens is 1670 g/mol. The van der Waals surface area contributed by atoms with Crippen LogP contribution in [0.2, 0.25) is 0 Å². The molecule has 0 radical (unpaired) electrons. The Hall–Kier alpha value is -9.69. The Morgan fingerprint density at radius 3 is 1.55 bits per heavy atom. The molecule has 5 N–H and O–H groups in total. The molecule has 4 amide bonds. The number of Topliss-reactive ketones (excluding diaryl/α,β-unsaturated/α-hetero) is 2. The van der Waals surface area contributed by atoms with Crippen LogP contribution in [0.5, 0.6) is 17.2 Å². The smallest absolute Gasteiger partial charge is 0.250 e. The second-order valence-electron chi connectivity index (χ2n) is 36.2. The molecule has 1 aromatic carbocycles. The number of hydrogen-bond acceptors (Lipinski definition) is 19. The lowest BCUT2D eigenvalue weighted by atomic mass is 9.91. The van der Waals surface area contributed by atoms with E-state index in [9.17, 15) is 42.3 Å². The Morgan fingerprint density at radius 1 is 0.612 bits per heavy atom. The maximum atomic E-state index is 12.9. The van der Waals surface area contributed by atoms with E-state index in [1.54, 1.807) is 99.0 Å². The van der Waals surface area contributed by atoms with Gasteiger partial charge in [-0.15, -0.1) is 29.3 Å². The molecule has 0 saturated carbocycles. The maximum Gasteiger partial charge on any atom is 0.250 e. The van der Waals surface area contributed by atoms with E-state index in [1.807, 2.05) is 144 Å². The molecule has 0 aliphatic rings. The summed E-state index contributed by atoms with van der Waals surface area (Å²) >= 11 is 3.04. The van der Waals surface area contributed by atoms with Crippen LogP contribution in [0.15, 0.2) is 138 Å². The van der Waals surface area contributed by atoms with Crippen LogP contribution in [0.1, 0.15) is 300 Å². The van der Waals surface area contributed by atoms with Crippen LogP contribution in [0.3, 0.4) is 0 Å². The van der Waals surface area contributed by atoms with Gasteiger partial charge in [-0.3, -0.25) is 48.5 Å². The average Bonchev–Trinajstić information content (AvgIpc) is 1.70. The second kappa shape index (κ2) is 72.1. The number of hydrogen-bond donors (Lipinski definition) is 3. The summed E-state index contributed by atoms with van der Waals surface area (Å²) in [7, 11) is 8.63. The van der Waals surface area contributed by atoms with E-state index in [2.05, 4.69) is 172 Å². The van der Waals surface area contributed by atoms with Gasteiger partial charge in [0, 0.05) is 132 Å². The fourth-order valence-electron chi connectivity index (χ4n) is 10.1. The molecule has 0 spiro atoms. The van der Waals surface area contributed by atoms with Crippen LogP contribution in [0.25, 0.3) is 0 Å². The van der Waals surface area contributed by atoms with E-state index in [4.69, 9.17) is 30.2 Å². The van der Waals surface area contributed by atoms with Gasteiger partial charge in [0.25, 0.3) is 5.56 Å². The first-order chi connectivity index (χ1) is 60.1. The topological polar surface area (TPSA) is 310 Å². The molecule has 0 bridgehead atoms. The number of methoxy groups -OCH3 is 2. The first-order valence-electron chi connectivity index (χ1n) is 45.2. The number of primary amides is 2. The van der Waals surface area contributed by atoms with E-state index < -0.39 is 6.36 Å². The number of aryl methyl sites for hydroxylation is 4. The predicted molar refractivity (Wildman–Crippen MR) is 532 cm³/mol. The summed E-state index contributed by atoms with van der Waals surface area (Å²) in [5.41, 5.74) is 15.3. The number of thiophene rings is 1. The minimum atomic E-state index is -1.29. The SMILES string of the molecule is C=CCNC(=O)CC(C)C.CC(C)C(C)C(N)=O.CC(C)C(C)c1ccncc1.CC(C)CCC(=O)N(C)C.CC(C)CCC(N)=O.CC(C)Cc1ccccc1F.CC(C)Cc1ccn(C)c(=O)c1.CC(F)Oc1ccc(C(C)C)nc1.COc1ccnc(CC(C)C)c1OC.Cc1ccc(C(=O)C(C)C)s1.Cc1ncc(C(=O)C(C)C)s1.Cc1noc(CC(C)C)n1. The lowest BCUT2D eigenvalue weighted by molar-refractivity contribution is -0.129. The Bertz CT molecular complexity index is 4300. The number of alkyl halides is 1. The normalized spacial score (nSPS) is 11.1. The molecule has 26 heteroatoms. The number of carbonyl (C=O) groups excluding carboxylic acids is 6. The molecule has 0 aliphatic carbocycles. The predicted octanol–water partition coefficient (Wildman–Crippen LogP) is 23.9. The number of pyridine rings is 4. The monoisotopic (exact) mass is 1840 g/mol. The fourth-order valence-corrected chi connectivity index (χ4v) is 11.9. The van der Waals surface area contributed by atoms with Crippen molar-refractivity contribution in [1.82, 2.24) is 44.9 Å². The maximum absolute atomic E-state index is 12.9. The number of aromatic nitrogens is 7. The van der Waals surface area contributed by atoms with Gasteiger partial charge in [0.15, 0.2) is 28.9 Å². The number of benzene rings is 1. The van der Waals surface area contributed by atoms with Gasteiger partial charge in [-0.25, -0.2) is 13.8 Å². The number of nitrogens with one attached hydrogen (secondary N) is 1. The highest BCUT2D eigenvalue weighted by Crippen LogP contribution is 2.31. The minimum absolute atomic E-state index is 0.00926. The van der Waals surface area contributed by atoms with Crippen molar-refractivity contribution >= 4 is 57.9 Å². The summed E-state index contributed by atoms with van der Waals surface area (Å²) in [5.74, 6) is 9.95. The number of ether oxygens (including phenoxy) is 3. The summed E-state index contributed by atoms with van der Waals surface area (Å²) in [6, 6.07) is 24.1. The Morgan fingerprint density at radius 2 is 1.17 bits per heavy atom.